The predicted octanol–water partition coefficient (Wildman–Crippen LogP) is 3.49. The second-order valence-electron chi connectivity index (χ2n) is 7.22. The number of rotatable bonds is 3. The van der Waals surface area contributed by atoms with E-state index in [9.17, 15) is 10.1 Å². The number of ether oxygens (including phenoxy) is 1. The number of benzene rings is 1. The van der Waals surface area contributed by atoms with Gasteiger partial charge in [0, 0.05) is 24.5 Å². The number of carbonyl (C=O) groups is 1. The molecule has 1 aromatic carbocycles. The van der Waals surface area contributed by atoms with Crippen LogP contribution in [0, 0.1) is 11.3 Å². The van der Waals surface area contributed by atoms with Crippen LogP contribution in [0.25, 0.3) is 0 Å². The highest BCUT2D eigenvalue weighted by Gasteiger charge is 2.35. The summed E-state index contributed by atoms with van der Waals surface area (Å²) in [7, 11) is 2.11. The van der Waals surface area contributed by atoms with Gasteiger partial charge in [0.2, 0.25) is 0 Å². The minimum absolute atomic E-state index is 0.291. The van der Waals surface area contributed by atoms with E-state index in [4.69, 9.17) is 9.15 Å². The minimum atomic E-state index is -0.595. The van der Waals surface area contributed by atoms with Crippen LogP contribution in [0.4, 0.5) is 5.69 Å². The number of allylic oxidation sites excluding steroid dienone is 2. The second-order valence-corrected chi connectivity index (χ2v) is 7.67. The van der Waals surface area contributed by atoms with Gasteiger partial charge in [-0.2, -0.15) is 5.26 Å². The van der Waals surface area contributed by atoms with Crippen LogP contribution in [0.1, 0.15) is 18.6 Å². The minimum Gasteiger partial charge on any atom is -0.468 e. The van der Waals surface area contributed by atoms with Crippen molar-refractivity contribution in [3.05, 3.63) is 76.4 Å². The summed E-state index contributed by atoms with van der Waals surface area (Å²) in [6.45, 7) is 5.80. The van der Waals surface area contributed by atoms with Crippen LogP contribution >= 0.6 is 12.6 Å². The number of carbonyl (C=O) groups excluding carboxylic acids is 1. The fraction of sp³-hybridized carbons (Fsp3) is 0.304. The lowest BCUT2D eigenvalue weighted by Crippen LogP contribution is -2.32. The SMILES string of the molecule is CC1=C(C(=O)Nc2ccccc2)C(c2ccco2)C(C#N)=C(S)N1.CN1CCOCC1. The average Bonchev–Trinajstić information content (AvgIpc) is 3.29. The van der Waals surface area contributed by atoms with Crippen molar-refractivity contribution in [2.45, 2.75) is 12.8 Å². The van der Waals surface area contributed by atoms with Crippen molar-refractivity contribution in [3.63, 3.8) is 0 Å². The normalized spacial score (nSPS) is 19.1. The van der Waals surface area contributed by atoms with Gasteiger partial charge in [-0.25, -0.2) is 0 Å². The maximum atomic E-state index is 12.8. The van der Waals surface area contributed by atoms with Crippen LogP contribution in [0.15, 0.2) is 75.0 Å². The van der Waals surface area contributed by atoms with E-state index in [1.165, 1.54) is 6.26 Å². The molecule has 3 heterocycles. The highest BCUT2D eigenvalue weighted by atomic mass is 32.1. The molecule has 1 amide bonds. The zero-order valence-corrected chi connectivity index (χ0v) is 18.5. The summed E-state index contributed by atoms with van der Waals surface area (Å²) >= 11 is 4.33. The number of furan rings is 1. The third-order valence-electron chi connectivity index (χ3n) is 5.00. The van der Waals surface area contributed by atoms with Gasteiger partial charge in [0.05, 0.1) is 47.6 Å². The highest BCUT2D eigenvalue weighted by Crippen LogP contribution is 2.39. The number of amides is 1. The molecule has 1 atom stereocenters. The summed E-state index contributed by atoms with van der Waals surface area (Å²) in [5.74, 6) is -0.360. The third-order valence-corrected chi connectivity index (χ3v) is 5.35. The smallest absolute Gasteiger partial charge is 0.254 e. The molecule has 8 heteroatoms. The van der Waals surface area contributed by atoms with E-state index in [-0.39, 0.29) is 5.91 Å². The number of dihydropyridines is 1. The molecule has 7 nitrogen and oxygen atoms in total. The molecule has 0 aliphatic carbocycles. The van der Waals surface area contributed by atoms with Crippen molar-refractivity contribution < 1.29 is 13.9 Å². The van der Waals surface area contributed by atoms with Gasteiger partial charge < -0.3 is 24.7 Å². The molecule has 0 radical (unpaired) electrons. The molecule has 2 N–H and O–H groups in total. The molecule has 0 spiro atoms. The first-order chi connectivity index (χ1) is 15.0. The van der Waals surface area contributed by atoms with E-state index in [1.54, 1.807) is 31.2 Å². The lowest BCUT2D eigenvalue weighted by Gasteiger charge is -2.26. The third kappa shape index (κ3) is 5.79. The Kier molecular flexibility index (Phi) is 7.95. The second kappa shape index (κ2) is 10.9. The molecule has 2 aliphatic heterocycles. The molecule has 0 saturated carbocycles. The van der Waals surface area contributed by atoms with Crippen LogP contribution in [-0.4, -0.2) is 44.2 Å². The molecule has 4 rings (SSSR count). The van der Waals surface area contributed by atoms with Crippen molar-refractivity contribution in [1.82, 2.24) is 10.2 Å². The van der Waals surface area contributed by atoms with Gasteiger partial charge in [0.1, 0.15) is 5.76 Å². The topological polar surface area (TPSA) is 90.5 Å². The molecule has 31 heavy (non-hydrogen) atoms. The number of nitrogens with zero attached hydrogens (tertiary/aromatic N) is 2. The van der Waals surface area contributed by atoms with Crippen LogP contribution in [0.3, 0.4) is 0 Å². The van der Waals surface area contributed by atoms with Gasteiger partial charge in [0.15, 0.2) is 0 Å². The molecule has 1 unspecified atom stereocenters. The molecular weight excluding hydrogens is 412 g/mol. The summed E-state index contributed by atoms with van der Waals surface area (Å²) < 4.78 is 10.6. The van der Waals surface area contributed by atoms with Crippen molar-refractivity contribution >= 4 is 24.2 Å². The van der Waals surface area contributed by atoms with Crippen molar-refractivity contribution in [1.29, 1.82) is 5.26 Å². The molecule has 2 aromatic rings. The first-order valence-electron chi connectivity index (χ1n) is 9.98. The first-order valence-corrected chi connectivity index (χ1v) is 10.4. The first kappa shape index (κ1) is 22.7. The predicted molar refractivity (Wildman–Crippen MR) is 122 cm³/mol. The fourth-order valence-electron chi connectivity index (χ4n) is 3.34. The Morgan fingerprint density at radius 1 is 1.23 bits per heavy atom. The number of hydrogen-bond acceptors (Lipinski definition) is 7. The Morgan fingerprint density at radius 3 is 2.48 bits per heavy atom. The van der Waals surface area contributed by atoms with Gasteiger partial charge in [-0.1, -0.05) is 18.2 Å². The molecule has 1 fully saturated rings. The Morgan fingerprint density at radius 2 is 1.94 bits per heavy atom. The maximum Gasteiger partial charge on any atom is 0.254 e. The van der Waals surface area contributed by atoms with Gasteiger partial charge in [-0.3, -0.25) is 4.79 Å². The van der Waals surface area contributed by atoms with Crippen LogP contribution in [0.5, 0.6) is 0 Å². The molecule has 162 valence electrons. The Balaban J connectivity index is 0.000000330. The Bertz CT molecular complexity index is 988. The molecule has 0 bridgehead atoms. The number of likely N-dealkylation sites (N-methyl/N-ethyl adjacent to an activating group) is 1. The number of thiol groups is 1. The van der Waals surface area contributed by atoms with Gasteiger partial charge in [-0.15, -0.1) is 12.6 Å². The number of anilines is 1. The number of morpholine rings is 1. The monoisotopic (exact) mass is 438 g/mol. The van der Waals surface area contributed by atoms with Crippen molar-refractivity contribution in [2.24, 2.45) is 0 Å². The molecular formula is C23H26N4O3S. The van der Waals surface area contributed by atoms with E-state index in [0.717, 1.165) is 26.3 Å². The summed E-state index contributed by atoms with van der Waals surface area (Å²) in [5, 5.41) is 15.8. The maximum absolute atomic E-state index is 12.8. The summed E-state index contributed by atoms with van der Waals surface area (Å²) in [5.41, 5.74) is 2.09. The van der Waals surface area contributed by atoms with Gasteiger partial charge in [-0.05, 0) is 38.2 Å². The molecule has 1 aromatic heterocycles. The summed E-state index contributed by atoms with van der Waals surface area (Å²) in [6.07, 6.45) is 1.52. The van der Waals surface area contributed by atoms with Gasteiger partial charge >= 0.3 is 0 Å². The van der Waals surface area contributed by atoms with E-state index < -0.39 is 5.92 Å². The van der Waals surface area contributed by atoms with E-state index >= 15 is 0 Å². The van der Waals surface area contributed by atoms with Crippen molar-refractivity contribution in [2.75, 3.05) is 38.7 Å². The van der Waals surface area contributed by atoms with Gasteiger partial charge in [0.25, 0.3) is 5.91 Å². The summed E-state index contributed by atoms with van der Waals surface area (Å²) in [4.78, 5) is 15.1. The van der Waals surface area contributed by atoms with Crippen molar-refractivity contribution in [3.8, 4) is 6.07 Å². The Hall–Kier alpha value is -2.99. The lowest BCUT2D eigenvalue weighted by molar-refractivity contribution is -0.113. The van der Waals surface area contributed by atoms with Crippen LogP contribution in [0.2, 0.25) is 0 Å². The number of para-hydroxylation sites is 1. The zero-order valence-electron chi connectivity index (χ0n) is 17.6. The lowest BCUT2D eigenvalue weighted by atomic mass is 9.85. The molecule has 2 aliphatic rings. The fourth-order valence-corrected chi connectivity index (χ4v) is 3.69. The quantitative estimate of drug-likeness (QED) is 0.636. The number of nitriles is 1. The van der Waals surface area contributed by atoms with E-state index in [2.05, 4.69) is 41.3 Å². The zero-order chi connectivity index (χ0) is 22.2. The van der Waals surface area contributed by atoms with E-state index in [0.29, 0.717) is 33.3 Å². The summed E-state index contributed by atoms with van der Waals surface area (Å²) in [6, 6.07) is 14.8. The molecule has 1 saturated heterocycles. The van der Waals surface area contributed by atoms with E-state index in [1.807, 2.05) is 18.2 Å². The number of nitrogens with one attached hydrogen (secondary N) is 2. The largest absolute Gasteiger partial charge is 0.468 e. The number of hydrogen-bond donors (Lipinski definition) is 3. The standard InChI is InChI=1S/C18H15N3O2S.C5H11NO/c1-11-15(17(22)21-12-6-3-2-4-7-12)16(14-8-5-9-23-14)13(10-19)18(24)20-11;1-6-2-4-7-5-3-6/h2-9,16,20,24H,1H3,(H,21,22);2-5H2,1H3. The van der Waals surface area contributed by atoms with Crippen LogP contribution in [-0.2, 0) is 9.53 Å². The highest BCUT2D eigenvalue weighted by molar-refractivity contribution is 7.84. The van der Waals surface area contributed by atoms with Crippen LogP contribution < -0.4 is 10.6 Å². The average molecular weight is 439 g/mol. The Labute approximate surface area is 187 Å².